The van der Waals surface area contributed by atoms with Gasteiger partial charge in [0.15, 0.2) is 0 Å². The zero-order valence-electron chi connectivity index (χ0n) is 8.49. The molecule has 0 saturated heterocycles. The van der Waals surface area contributed by atoms with Crippen LogP contribution in [0.1, 0.15) is 6.92 Å². The van der Waals surface area contributed by atoms with Crippen molar-refractivity contribution >= 4 is 16.7 Å². The van der Waals surface area contributed by atoms with Crippen LogP contribution in [0.15, 0.2) is 29.2 Å². The molecule has 15 heavy (non-hydrogen) atoms. The number of benzene rings is 1. The fourth-order valence-electron chi connectivity index (χ4n) is 1.10. The van der Waals surface area contributed by atoms with Crippen molar-refractivity contribution in [1.82, 2.24) is 5.32 Å². The molecular formula is C10H12FNO2S. The standard InChI is InChI=1S/C10H12FNO2S/c1-7(10(13)12-2)15(14)9-5-3-4-8(11)6-9/h3-7H,1-2H3,(H,12,13). The van der Waals surface area contributed by atoms with Crippen LogP contribution in [-0.4, -0.2) is 22.4 Å². The Morgan fingerprint density at radius 1 is 1.53 bits per heavy atom. The van der Waals surface area contributed by atoms with Crippen LogP contribution in [0.4, 0.5) is 4.39 Å². The third-order valence-electron chi connectivity index (χ3n) is 1.97. The molecule has 0 spiro atoms. The Labute approximate surface area is 90.1 Å². The van der Waals surface area contributed by atoms with E-state index in [2.05, 4.69) is 5.32 Å². The minimum Gasteiger partial charge on any atom is -0.358 e. The Bertz CT molecular complexity index is 395. The van der Waals surface area contributed by atoms with E-state index in [1.54, 1.807) is 13.0 Å². The van der Waals surface area contributed by atoms with Gasteiger partial charge in [0.1, 0.15) is 11.1 Å². The first kappa shape index (κ1) is 11.8. The lowest BCUT2D eigenvalue weighted by Gasteiger charge is -2.09. The minimum atomic E-state index is -1.52. The van der Waals surface area contributed by atoms with E-state index in [1.165, 1.54) is 25.2 Å². The van der Waals surface area contributed by atoms with Crippen molar-refractivity contribution in [3.63, 3.8) is 0 Å². The Hall–Kier alpha value is -1.23. The molecule has 1 N–H and O–H groups in total. The predicted molar refractivity (Wildman–Crippen MR) is 56.3 cm³/mol. The zero-order valence-corrected chi connectivity index (χ0v) is 9.31. The lowest BCUT2D eigenvalue weighted by Crippen LogP contribution is -2.32. The summed E-state index contributed by atoms with van der Waals surface area (Å²) in [4.78, 5) is 11.5. The first-order chi connectivity index (χ1) is 7.06. The molecule has 5 heteroatoms. The van der Waals surface area contributed by atoms with Gasteiger partial charge in [-0.05, 0) is 25.1 Å². The van der Waals surface area contributed by atoms with Crippen molar-refractivity contribution in [3.8, 4) is 0 Å². The third kappa shape index (κ3) is 2.86. The van der Waals surface area contributed by atoms with Crippen molar-refractivity contribution in [2.45, 2.75) is 17.1 Å². The molecule has 1 rings (SSSR count). The maximum atomic E-state index is 12.8. The molecule has 0 aliphatic rings. The summed E-state index contributed by atoms with van der Waals surface area (Å²) in [7, 11) is -0.0466. The van der Waals surface area contributed by atoms with Crippen LogP contribution in [0.25, 0.3) is 0 Å². The molecule has 0 bridgehead atoms. The van der Waals surface area contributed by atoms with Gasteiger partial charge >= 0.3 is 0 Å². The van der Waals surface area contributed by atoms with Crippen LogP contribution in [0.2, 0.25) is 0 Å². The lowest BCUT2D eigenvalue weighted by atomic mass is 10.3. The topological polar surface area (TPSA) is 46.2 Å². The summed E-state index contributed by atoms with van der Waals surface area (Å²) in [5, 5.41) is 1.72. The van der Waals surface area contributed by atoms with Gasteiger partial charge in [0.2, 0.25) is 5.91 Å². The van der Waals surface area contributed by atoms with Gasteiger partial charge in [0, 0.05) is 11.9 Å². The number of hydrogen-bond acceptors (Lipinski definition) is 2. The molecule has 82 valence electrons. The van der Waals surface area contributed by atoms with Crippen LogP contribution in [0, 0.1) is 5.82 Å². The van der Waals surface area contributed by atoms with E-state index >= 15 is 0 Å². The highest BCUT2D eigenvalue weighted by atomic mass is 32.2. The summed E-state index contributed by atoms with van der Waals surface area (Å²) in [6.45, 7) is 1.54. The van der Waals surface area contributed by atoms with Gasteiger partial charge in [-0.25, -0.2) is 4.39 Å². The average molecular weight is 229 g/mol. The van der Waals surface area contributed by atoms with E-state index < -0.39 is 21.9 Å². The fraction of sp³-hybridized carbons (Fsp3) is 0.300. The van der Waals surface area contributed by atoms with Gasteiger partial charge in [0.25, 0.3) is 0 Å². The Morgan fingerprint density at radius 3 is 2.73 bits per heavy atom. The lowest BCUT2D eigenvalue weighted by molar-refractivity contribution is -0.119. The number of rotatable bonds is 3. The highest BCUT2D eigenvalue weighted by molar-refractivity contribution is 7.86. The molecule has 1 aromatic carbocycles. The van der Waals surface area contributed by atoms with Crippen LogP contribution in [0.3, 0.4) is 0 Å². The van der Waals surface area contributed by atoms with Gasteiger partial charge in [-0.3, -0.25) is 9.00 Å². The molecule has 0 radical (unpaired) electrons. The Balaban J connectivity index is 2.90. The molecular weight excluding hydrogens is 217 g/mol. The van der Waals surface area contributed by atoms with Crippen LogP contribution in [0.5, 0.6) is 0 Å². The molecule has 0 heterocycles. The minimum absolute atomic E-state index is 0.322. The van der Waals surface area contributed by atoms with E-state index in [0.29, 0.717) is 4.90 Å². The van der Waals surface area contributed by atoms with Crippen molar-refractivity contribution in [2.24, 2.45) is 0 Å². The van der Waals surface area contributed by atoms with E-state index in [1.807, 2.05) is 0 Å². The zero-order chi connectivity index (χ0) is 11.4. The molecule has 2 unspecified atom stereocenters. The molecule has 1 amide bonds. The van der Waals surface area contributed by atoms with E-state index in [4.69, 9.17) is 0 Å². The van der Waals surface area contributed by atoms with Crippen molar-refractivity contribution in [2.75, 3.05) is 7.05 Å². The quantitative estimate of drug-likeness (QED) is 0.842. The van der Waals surface area contributed by atoms with Crippen LogP contribution >= 0.6 is 0 Å². The number of nitrogens with one attached hydrogen (secondary N) is 1. The third-order valence-corrected chi connectivity index (χ3v) is 3.54. The van der Waals surface area contributed by atoms with Crippen LogP contribution in [-0.2, 0) is 15.6 Å². The van der Waals surface area contributed by atoms with Crippen molar-refractivity contribution < 1.29 is 13.4 Å². The van der Waals surface area contributed by atoms with Crippen LogP contribution < -0.4 is 5.32 Å². The average Bonchev–Trinajstić information content (AvgIpc) is 2.26. The van der Waals surface area contributed by atoms with Gasteiger partial charge in [-0.1, -0.05) is 6.07 Å². The molecule has 0 fully saturated rings. The second kappa shape index (κ2) is 5.02. The molecule has 3 nitrogen and oxygen atoms in total. The summed E-state index contributed by atoms with van der Waals surface area (Å²) in [6, 6.07) is 5.46. The first-order valence-corrected chi connectivity index (χ1v) is 5.65. The SMILES string of the molecule is CNC(=O)C(C)S(=O)c1cccc(F)c1. The molecule has 1 aromatic rings. The van der Waals surface area contributed by atoms with Gasteiger partial charge in [-0.2, -0.15) is 0 Å². The maximum Gasteiger partial charge on any atom is 0.235 e. The Morgan fingerprint density at radius 2 is 2.20 bits per heavy atom. The van der Waals surface area contributed by atoms with Gasteiger partial charge in [-0.15, -0.1) is 0 Å². The normalized spacial score (nSPS) is 14.3. The number of carbonyl (C=O) groups excluding carboxylic acids is 1. The molecule has 0 aliphatic heterocycles. The number of halogens is 1. The maximum absolute atomic E-state index is 12.8. The number of amides is 1. The molecule has 0 aromatic heterocycles. The van der Waals surface area contributed by atoms with Crippen molar-refractivity contribution in [3.05, 3.63) is 30.1 Å². The molecule has 2 atom stereocenters. The summed E-state index contributed by atoms with van der Waals surface area (Å²) in [5.41, 5.74) is 0. The molecule has 0 aliphatic carbocycles. The number of carbonyl (C=O) groups is 1. The summed E-state index contributed by atoms with van der Waals surface area (Å²) >= 11 is 0. The Kier molecular flexibility index (Phi) is 3.96. The summed E-state index contributed by atoms with van der Waals surface area (Å²) in [6.07, 6.45) is 0. The smallest absolute Gasteiger partial charge is 0.235 e. The van der Waals surface area contributed by atoms with E-state index in [9.17, 15) is 13.4 Å². The highest BCUT2D eigenvalue weighted by Gasteiger charge is 2.20. The first-order valence-electron chi connectivity index (χ1n) is 4.44. The fourth-order valence-corrected chi connectivity index (χ4v) is 2.26. The van der Waals surface area contributed by atoms with Crippen molar-refractivity contribution in [1.29, 1.82) is 0 Å². The van der Waals surface area contributed by atoms with Gasteiger partial charge < -0.3 is 5.32 Å². The van der Waals surface area contributed by atoms with E-state index in [-0.39, 0.29) is 5.91 Å². The predicted octanol–water partition coefficient (Wildman–Crippen LogP) is 1.07. The second-order valence-corrected chi connectivity index (χ2v) is 4.78. The summed E-state index contributed by atoms with van der Waals surface area (Å²) in [5.74, 6) is -0.775. The van der Waals surface area contributed by atoms with Gasteiger partial charge in [0.05, 0.1) is 10.8 Å². The largest absolute Gasteiger partial charge is 0.358 e. The van der Waals surface area contributed by atoms with E-state index in [0.717, 1.165) is 0 Å². The highest BCUT2D eigenvalue weighted by Crippen LogP contribution is 2.12. The number of hydrogen-bond donors (Lipinski definition) is 1. The summed E-state index contributed by atoms with van der Waals surface area (Å²) < 4.78 is 24.6. The monoisotopic (exact) mass is 229 g/mol. The molecule has 0 saturated carbocycles. The second-order valence-electron chi connectivity index (χ2n) is 3.01.